The molecular formula is C17H13ClFN. The molecule has 0 heterocycles. The number of halogens is 2. The molecule has 100 valence electrons. The van der Waals surface area contributed by atoms with Gasteiger partial charge in [-0.15, -0.1) is 0 Å². The van der Waals surface area contributed by atoms with Crippen molar-refractivity contribution in [1.29, 1.82) is 0 Å². The van der Waals surface area contributed by atoms with E-state index in [-0.39, 0.29) is 11.9 Å². The standard InChI is InChI=1S/C17H13ClFN/c18-16-10-12(19)8-9-15(16)17(20)14-7-3-5-11-4-1-2-6-13(11)14/h1-10,17H,20H2. The van der Waals surface area contributed by atoms with E-state index in [0.717, 1.165) is 21.9 Å². The van der Waals surface area contributed by atoms with Crippen LogP contribution in [0.5, 0.6) is 0 Å². The van der Waals surface area contributed by atoms with Gasteiger partial charge < -0.3 is 5.73 Å². The maximum atomic E-state index is 13.1. The molecular weight excluding hydrogens is 273 g/mol. The zero-order chi connectivity index (χ0) is 14.1. The molecule has 20 heavy (non-hydrogen) atoms. The van der Waals surface area contributed by atoms with Gasteiger partial charge in [-0.05, 0) is 34.0 Å². The number of nitrogens with two attached hydrogens (primary N) is 1. The first-order valence-electron chi connectivity index (χ1n) is 6.35. The van der Waals surface area contributed by atoms with Crippen LogP contribution in [0.3, 0.4) is 0 Å². The van der Waals surface area contributed by atoms with Crippen molar-refractivity contribution in [3.63, 3.8) is 0 Å². The molecule has 3 heteroatoms. The van der Waals surface area contributed by atoms with E-state index in [1.54, 1.807) is 6.07 Å². The van der Waals surface area contributed by atoms with Crippen molar-refractivity contribution in [2.24, 2.45) is 5.73 Å². The second kappa shape index (κ2) is 5.23. The van der Waals surface area contributed by atoms with E-state index in [4.69, 9.17) is 17.3 Å². The first-order valence-corrected chi connectivity index (χ1v) is 6.73. The summed E-state index contributed by atoms with van der Waals surface area (Å²) in [6.07, 6.45) is 0. The molecule has 0 aromatic heterocycles. The van der Waals surface area contributed by atoms with Crippen molar-refractivity contribution < 1.29 is 4.39 Å². The van der Waals surface area contributed by atoms with Gasteiger partial charge in [0, 0.05) is 5.02 Å². The largest absolute Gasteiger partial charge is 0.320 e. The van der Waals surface area contributed by atoms with Crippen LogP contribution in [0.1, 0.15) is 17.2 Å². The number of hydrogen-bond acceptors (Lipinski definition) is 1. The summed E-state index contributed by atoms with van der Waals surface area (Å²) in [6.45, 7) is 0. The van der Waals surface area contributed by atoms with Crippen LogP contribution in [-0.2, 0) is 0 Å². The second-order valence-corrected chi connectivity index (χ2v) is 5.12. The van der Waals surface area contributed by atoms with Crippen molar-refractivity contribution in [2.75, 3.05) is 0 Å². The second-order valence-electron chi connectivity index (χ2n) is 4.71. The Morgan fingerprint density at radius 2 is 1.65 bits per heavy atom. The van der Waals surface area contributed by atoms with Crippen LogP contribution < -0.4 is 5.73 Å². The highest BCUT2D eigenvalue weighted by Gasteiger charge is 2.15. The van der Waals surface area contributed by atoms with E-state index in [9.17, 15) is 4.39 Å². The predicted molar refractivity (Wildman–Crippen MR) is 81.4 cm³/mol. The quantitative estimate of drug-likeness (QED) is 0.727. The summed E-state index contributed by atoms with van der Waals surface area (Å²) >= 11 is 6.11. The van der Waals surface area contributed by atoms with Gasteiger partial charge in [0.2, 0.25) is 0 Å². The third kappa shape index (κ3) is 2.28. The zero-order valence-corrected chi connectivity index (χ0v) is 11.4. The zero-order valence-electron chi connectivity index (χ0n) is 10.7. The maximum absolute atomic E-state index is 13.1. The Kier molecular flexibility index (Phi) is 3.43. The molecule has 0 aliphatic carbocycles. The Hall–Kier alpha value is -1.90. The van der Waals surface area contributed by atoms with Crippen molar-refractivity contribution in [2.45, 2.75) is 6.04 Å². The smallest absolute Gasteiger partial charge is 0.124 e. The molecule has 0 bridgehead atoms. The summed E-state index contributed by atoms with van der Waals surface area (Å²) in [6, 6.07) is 18.0. The van der Waals surface area contributed by atoms with Gasteiger partial charge in [-0.25, -0.2) is 4.39 Å². The minimum Gasteiger partial charge on any atom is -0.320 e. The van der Waals surface area contributed by atoms with E-state index >= 15 is 0 Å². The summed E-state index contributed by atoms with van der Waals surface area (Å²) in [7, 11) is 0. The van der Waals surface area contributed by atoms with Gasteiger partial charge in [0.25, 0.3) is 0 Å². The van der Waals surface area contributed by atoms with E-state index < -0.39 is 0 Å². The highest BCUT2D eigenvalue weighted by Crippen LogP contribution is 2.31. The third-order valence-electron chi connectivity index (χ3n) is 3.46. The van der Waals surface area contributed by atoms with Crippen LogP contribution in [0, 0.1) is 5.82 Å². The fourth-order valence-electron chi connectivity index (χ4n) is 2.44. The predicted octanol–water partition coefficient (Wildman–Crippen LogP) is 4.68. The minimum atomic E-state index is -0.380. The van der Waals surface area contributed by atoms with Crippen molar-refractivity contribution in [3.05, 3.63) is 82.6 Å². The molecule has 1 atom stereocenters. The van der Waals surface area contributed by atoms with E-state index in [1.165, 1.54) is 12.1 Å². The first-order chi connectivity index (χ1) is 9.66. The van der Waals surface area contributed by atoms with Crippen LogP contribution in [0.2, 0.25) is 5.02 Å². The first kappa shape index (κ1) is 13.1. The van der Waals surface area contributed by atoms with Gasteiger partial charge in [-0.2, -0.15) is 0 Å². The lowest BCUT2D eigenvalue weighted by molar-refractivity contribution is 0.626. The van der Waals surface area contributed by atoms with Gasteiger partial charge >= 0.3 is 0 Å². The van der Waals surface area contributed by atoms with Gasteiger partial charge in [0.05, 0.1) is 6.04 Å². The van der Waals surface area contributed by atoms with E-state index in [1.807, 2.05) is 42.5 Å². The van der Waals surface area contributed by atoms with Crippen LogP contribution in [0.4, 0.5) is 4.39 Å². The van der Waals surface area contributed by atoms with E-state index in [0.29, 0.717) is 5.02 Å². The van der Waals surface area contributed by atoms with Crippen molar-refractivity contribution >= 4 is 22.4 Å². The Morgan fingerprint density at radius 1 is 0.900 bits per heavy atom. The average Bonchev–Trinajstić information content (AvgIpc) is 2.46. The fourth-order valence-corrected chi connectivity index (χ4v) is 2.73. The lowest BCUT2D eigenvalue weighted by Crippen LogP contribution is -2.13. The highest BCUT2D eigenvalue weighted by atomic mass is 35.5. The molecule has 3 rings (SSSR count). The molecule has 0 fully saturated rings. The monoisotopic (exact) mass is 285 g/mol. The third-order valence-corrected chi connectivity index (χ3v) is 3.78. The number of hydrogen-bond donors (Lipinski definition) is 1. The van der Waals surface area contributed by atoms with Crippen LogP contribution in [0.25, 0.3) is 10.8 Å². The molecule has 3 aromatic rings. The molecule has 2 N–H and O–H groups in total. The molecule has 1 unspecified atom stereocenters. The van der Waals surface area contributed by atoms with Gasteiger partial charge in [0.1, 0.15) is 5.82 Å². The Morgan fingerprint density at radius 3 is 2.45 bits per heavy atom. The lowest BCUT2D eigenvalue weighted by Gasteiger charge is -2.16. The number of rotatable bonds is 2. The molecule has 0 radical (unpaired) electrons. The molecule has 3 aromatic carbocycles. The van der Waals surface area contributed by atoms with Crippen molar-refractivity contribution in [1.82, 2.24) is 0 Å². The molecule has 0 saturated heterocycles. The summed E-state index contributed by atoms with van der Waals surface area (Å²) in [5.41, 5.74) is 8.04. The molecule has 0 aliphatic heterocycles. The average molecular weight is 286 g/mol. The normalized spacial score (nSPS) is 12.6. The molecule has 0 saturated carbocycles. The summed E-state index contributed by atoms with van der Waals surface area (Å²) in [4.78, 5) is 0. The van der Waals surface area contributed by atoms with Crippen molar-refractivity contribution in [3.8, 4) is 0 Å². The maximum Gasteiger partial charge on any atom is 0.124 e. The molecule has 1 nitrogen and oxygen atoms in total. The van der Waals surface area contributed by atoms with Gasteiger partial charge in [-0.3, -0.25) is 0 Å². The molecule has 0 spiro atoms. The Bertz CT molecular complexity index is 765. The van der Waals surface area contributed by atoms with Crippen LogP contribution in [-0.4, -0.2) is 0 Å². The SMILES string of the molecule is NC(c1ccc(F)cc1Cl)c1cccc2ccccc12. The van der Waals surface area contributed by atoms with Gasteiger partial charge in [-0.1, -0.05) is 60.1 Å². The van der Waals surface area contributed by atoms with E-state index in [2.05, 4.69) is 0 Å². The number of benzene rings is 3. The van der Waals surface area contributed by atoms with Crippen LogP contribution >= 0.6 is 11.6 Å². The summed E-state index contributed by atoms with van der Waals surface area (Å²) < 4.78 is 13.1. The number of fused-ring (bicyclic) bond motifs is 1. The topological polar surface area (TPSA) is 26.0 Å². The fraction of sp³-hybridized carbons (Fsp3) is 0.0588. The summed E-state index contributed by atoms with van der Waals surface area (Å²) in [5.74, 6) is -0.358. The summed E-state index contributed by atoms with van der Waals surface area (Å²) in [5, 5.41) is 2.56. The molecule has 0 amide bonds. The van der Waals surface area contributed by atoms with Gasteiger partial charge in [0.15, 0.2) is 0 Å². The highest BCUT2D eigenvalue weighted by molar-refractivity contribution is 6.31. The Balaban J connectivity index is 2.15. The van der Waals surface area contributed by atoms with Crippen LogP contribution in [0.15, 0.2) is 60.7 Å². The molecule has 0 aliphatic rings. The minimum absolute atomic E-state index is 0.352. The Labute approximate surface area is 121 Å². The lowest BCUT2D eigenvalue weighted by atomic mass is 9.94.